The van der Waals surface area contributed by atoms with Gasteiger partial charge in [0, 0.05) is 18.7 Å². The topological polar surface area (TPSA) is 32.8 Å². The summed E-state index contributed by atoms with van der Waals surface area (Å²) in [5.74, 6) is -1.82. The van der Waals surface area contributed by atoms with Gasteiger partial charge in [-0.05, 0) is 79.7 Å². The second-order valence-electron chi connectivity index (χ2n) is 10.1. The zero-order valence-corrected chi connectivity index (χ0v) is 22.5. The quantitative estimate of drug-likeness (QED) is 0.329. The van der Waals surface area contributed by atoms with Gasteiger partial charge in [0.1, 0.15) is 5.60 Å². The van der Waals surface area contributed by atoms with Crippen molar-refractivity contribution in [3.05, 3.63) is 105 Å². The molecule has 1 atom stereocenters. The molecule has 4 nitrogen and oxygen atoms in total. The molecule has 2 fully saturated rings. The van der Waals surface area contributed by atoms with E-state index in [1.807, 2.05) is 12.1 Å². The van der Waals surface area contributed by atoms with E-state index in [0.717, 1.165) is 50.2 Å². The van der Waals surface area contributed by atoms with Crippen LogP contribution in [0.1, 0.15) is 46.7 Å². The molecular formula is C30H30Cl2F2N2O2. The van der Waals surface area contributed by atoms with E-state index in [-0.39, 0.29) is 18.0 Å². The van der Waals surface area contributed by atoms with Gasteiger partial charge in [0.25, 0.3) is 5.91 Å². The van der Waals surface area contributed by atoms with Gasteiger partial charge in [-0.15, -0.1) is 0 Å². The standard InChI is InChI=1S/C30H30Cl2F2N2O2/c31-25-8-7-24(19-26(25)32)30(12-15-35-13-10-22(11-14-35)21-4-2-1-3-5-21)20-36(16-17-38-30)29(37)23-6-9-27(33)28(34)18-23/h1-9,18-19,22H,10-17,20H2. The Bertz CT molecular complexity index is 1280. The second kappa shape index (κ2) is 11.7. The average molecular weight is 559 g/mol. The van der Waals surface area contributed by atoms with Gasteiger partial charge >= 0.3 is 0 Å². The third kappa shape index (κ3) is 5.89. The Morgan fingerprint density at radius 2 is 1.68 bits per heavy atom. The largest absolute Gasteiger partial charge is 0.367 e. The lowest BCUT2D eigenvalue weighted by Gasteiger charge is -2.44. The number of benzene rings is 3. The van der Waals surface area contributed by atoms with Gasteiger partial charge in [-0.3, -0.25) is 4.79 Å². The van der Waals surface area contributed by atoms with Crippen molar-refractivity contribution in [3.8, 4) is 0 Å². The lowest BCUT2D eigenvalue weighted by molar-refractivity contribution is -0.113. The van der Waals surface area contributed by atoms with Crippen molar-refractivity contribution in [2.24, 2.45) is 0 Å². The number of halogens is 4. The van der Waals surface area contributed by atoms with Crippen LogP contribution in [0.2, 0.25) is 10.0 Å². The molecule has 2 aliphatic rings. The van der Waals surface area contributed by atoms with E-state index in [2.05, 4.69) is 29.2 Å². The summed E-state index contributed by atoms with van der Waals surface area (Å²) < 4.78 is 33.8. The van der Waals surface area contributed by atoms with Crippen LogP contribution in [0, 0.1) is 11.6 Å². The number of likely N-dealkylation sites (tertiary alicyclic amines) is 1. The predicted molar refractivity (Wildman–Crippen MR) is 146 cm³/mol. The number of amides is 1. The Labute approximate surface area is 232 Å². The van der Waals surface area contributed by atoms with Gasteiger partial charge in [-0.1, -0.05) is 59.6 Å². The fourth-order valence-corrected chi connectivity index (χ4v) is 5.87. The lowest BCUT2D eigenvalue weighted by Crippen LogP contribution is -2.53. The van der Waals surface area contributed by atoms with Gasteiger partial charge < -0.3 is 14.5 Å². The minimum atomic E-state index is -1.04. The number of morpholine rings is 1. The minimum Gasteiger partial charge on any atom is -0.367 e. The summed E-state index contributed by atoms with van der Waals surface area (Å²) in [5, 5.41) is 0.860. The van der Waals surface area contributed by atoms with Crippen molar-refractivity contribution in [3.63, 3.8) is 0 Å². The number of hydrogen-bond acceptors (Lipinski definition) is 3. The van der Waals surface area contributed by atoms with E-state index >= 15 is 0 Å². The second-order valence-corrected chi connectivity index (χ2v) is 10.9. The van der Waals surface area contributed by atoms with E-state index in [0.29, 0.717) is 35.5 Å². The summed E-state index contributed by atoms with van der Waals surface area (Å²) in [6.07, 6.45) is 2.82. The molecule has 200 valence electrons. The van der Waals surface area contributed by atoms with E-state index in [9.17, 15) is 13.6 Å². The molecular weight excluding hydrogens is 529 g/mol. The summed E-state index contributed by atoms with van der Waals surface area (Å²) in [7, 11) is 0. The summed E-state index contributed by atoms with van der Waals surface area (Å²) in [5.41, 5.74) is 1.53. The molecule has 1 amide bonds. The molecule has 38 heavy (non-hydrogen) atoms. The van der Waals surface area contributed by atoms with Crippen LogP contribution in [0.5, 0.6) is 0 Å². The maximum absolute atomic E-state index is 13.9. The highest BCUT2D eigenvalue weighted by Crippen LogP contribution is 2.38. The minimum absolute atomic E-state index is 0.108. The summed E-state index contributed by atoms with van der Waals surface area (Å²) >= 11 is 12.6. The van der Waals surface area contributed by atoms with Crippen LogP contribution < -0.4 is 0 Å². The normalized spacial score (nSPS) is 21.0. The number of piperidine rings is 1. The summed E-state index contributed by atoms with van der Waals surface area (Å²) in [6, 6.07) is 19.3. The zero-order valence-electron chi connectivity index (χ0n) is 21.0. The van der Waals surface area contributed by atoms with Gasteiger partial charge in [-0.2, -0.15) is 0 Å². The number of rotatable bonds is 6. The fourth-order valence-electron chi connectivity index (χ4n) is 5.57. The van der Waals surface area contributed by atoms with Gasteiger partial charge in [0.15, 0.2) is 11.6 Å². The van der Waals surface area contributed by atoms with E-state index in [1.54, 1.807) is 17.0 Å². The van der Waals surface area contributed by atoms with E-state index in [4.69, 9.17) is 27.9 Å². The van der Waals surface area contributed by atoms with Crippen molar-refractivity contribution in [2.45, 2.75) is 30.8 Å². The molecule has 3 aromatic carbocycles. The van der Waals surface area contributed by atoms with E-state index in [1.165, 1.54) is 11.6 Å². The fraction of sp³-hybridized carbons (Fsp3) is 0.367. The molecule has 5 rings (SSSR count). The van der Waals surface area contributed by atoms with Crippen molar-refractivity contribution in [1.29, 1.82) is 0 Å². The molecule has 1 unspecified atom stereocenters. The molecule has 0 bridgehead atoms. The molecule has 2 heterocycles. The number of hydrogen-bond donors (Lipinski definition) is 0. The van der Waals surface area contributed by atoms with E-state index < -0.39 is 17.2 Å². The van der Waals surface area contributed by atoms with Crippen LogP contribution in [0.15, 0.2) is 66.7 Å². The van der Waals surface area contributed by atoms with Crippen LogP contribution >= 0.6 is 23.2 Å². The number of carbonyl (C=O) groups excluding carboxylic acids is 1. The molecule has 2 aliphatic heterocycles. The molecule has 0 spiro atoms. The number of ether oxygens (including phenoxy) is 1. The maximum Gasteiger partial charge on any atom is 0.254 e. The highest BCUT2D eigenvalue weighted by Gasteiger charge is 2.41. The van der Waals surface area contributed by atoms with Gasteiger partial charge in [0.2, 0.25) is 0 Å². The molecule has 0 aliphatic carbocycles. The van der Waals surface area contributed by atoms with Crippen molar-refractivity contribution < 1.29 is 18.3 Å². The lowest BCUT2D eigenvalue weighted by atomic mass is 9.86. The van der Waals surface area contributed by atoms with Crippen LogP contribution in [-0.2, 0) is 10.3 Å². The summed E-state index contributed by atoms with van der Waals surface area (Å²) in [6.45, 7) is 3.68. The first kappa shape index (κ1) is 27.1. The number of carbonyl (C=O) groups is 1. The first-order valence-corrected chi connectivity index (χ1v) is 13.7. The molecule has 8 heteroatoms. The van der Waals surface area contributed by atoms with Crippen LogP contribution in [0.25, 0.3) is 0 Å². The van der Waals surface area contributed by atoms with Crippen LogP contribution in [0.4, 0.5) is 8.78 Å². The molecule has 3 aromatic rings. The van der Waals surface area contributed by atoms with Crippen LogP contribution in [-0.4, -0.2) is 55.0 Å². The third-order valence-electron chi connectivity index (χ3n) is 7.78. The monoisotopic (exact) mass is 558 g/mol. The Hall–Kier alpha value is -2.51. The molecule has 2 saturated heterocycles. The first-order valence-electron chi connectivity index (χ1n) is 13.0. The zero-order chi connectivity index (χ0) is 26.7. The van der Waals surface area contributed by atoms with Crippen molar-refractivity contribution in [1.82, 2.24) is 9.80 Å². The van der Waals surface area contributed by atoms with Crippen LogP contribution in [0.3, 0.4) is 0 Å². The molecule has 0 aromatic heterocycles. The molecule has 0 radical (unpaired) electrons. The van der Waals surface area contributed by atoms with Crippen molar-refractivity contribution >= 4 is 29.1 Å². The first-order chi connectivity index (χ1) is 18.3. The number of nitrogens with zero attached hydrogens (tertiary/aromatic N) is 2. The highest BCUT2D eigenvalue weighted by molar-refractivity contribution is 6.42. The Kier molecular flexibility index (Phi) is 8.34. The Morgan fingerprint density at radius 1 is 0.921 bits per heavy atom. The molecule has 0 N–H and O–H groups in total. The van der Waals surface area contributed by atoms with Gasteiger partial charge in [-0.25, -0.2) is 8.78 Å². The van der Waals surface area contributed by atoms with Crippen molar-refractivity contribution in [2.75, 3.05) is 39.3 Å². The summed E-state index contributed by atoms with van der Waals surface area (Å²) in [4.78, 5) is 17.4. The molecule has 0 saturated carbocycles. The van der Waals surface area contributed by atoms with Gasteiger partial charge in [0.05, 0.1) is 23.2 Å². The smallest absolute Gasteiger partial charge is 0.254 e. The Balaban J connectivity index is 1.33. The predicted octanol–water partition coefficient (Wildman–Crippen LogP) is 6.91. The maximum atomic E-state index is 13.9. The Morgan fingerprint density at radius 3 is 2.39 bits per heavy atom. The SMILES string of the molecule is O=C(c1ccc(F)c(F)c1)N1CCOC(CCN2CCC(c3ccccc3)CC2)(c2ccc(Cl)c(Cl)c2)C1. The highest BCUT2D eigenvalue weighted by atomic mass is 35.5. The average Bonchev–Trinajstić information content (AvgIpc) is 2.95. The third-order valence-corrected chi connectivity index (χ3v) is 8.51.